The van der Waals surface area contributed by atoms with Crippen molar-refractivity contribution in [1.29, 1.82) is 0 Å². The van der Waals surface area contributed by atoms with Crippen molar-refractivity contribution in [2.45, 2.75) is 78.2 Å². The quantitative estimate of drug-likeness (QED) is 0.600. The molecular weight excluding hydrogens is 220 g/mol. The van der Waals surface area contributed by atoms with E-state index < -0.39 is 0 Å². The molecule has 4 atom stereocenters. The smallest absolute Gasteiger partial charge is 0.0687 e. The SMILES string of the molecule is CC1(C)CCC[C@@]2(C)C1CC[C@@]1(C)OCCC[C@H]12. The van der Waals surface area contributed by atoms with E-state index >= 15 is 0 Å². The largest absolute Gasteiger partial charge is 0.375 e. The molecule has 18 heavy (non-hydrogen) atoms. The molecule has 0 aromatic heterocycles. The predicted octanol–water partition coefficient (Wildman–Crippen LogP) is 4.80. The molecule has 3 fully saturated rings. The van der Waals surface area contributed by atoms with Gasteiger partial charge in [-0.2, -0.15) is 0 Å². The van der Waals surface area contributed by atoms with Gasteiger partial charge in [0, 0.05) is 6.61 Å². The highest BCUT2D eigenvalue weighted by Gasteiger charge is 2.59. The standard InChI is InChI=1S/C17H30O/c1-15(2)9-6-10-16(3)13(15)8-11-17(4)14(16)7-5-12-18-17/h13-14H,5-12H2,1-4H3/t13?,14-,16-,17+/m0/s1. The van der Waals surface area contributed by atoms with Crippen LogP contribution in [0, 0.1) is 22.7 Å². The van der Waals surface area contributed by atoms with Crippen molar-refractivity contribution in [3.8, 4) is 0 Å². The number of hydrogen-bond acceptors (Lipinski definition) is 1. The number of ether oxygens (including phenoxy) is 1. The molecule has 1 aliphatic heterocycles. The van der Waals surface area contributed by atoms with Gasteiger partial charge >= 0.3 is 0 Å². The van der Waals surface area contributed by atoms with Gasteiger partial charge in [-0.3, -0.25) is 0 Å². The van der Waals surface area contributed by atoms with Crippen molar-refractivity contribution in [2.75, 3.05) is 6.61 Å². The Bertz CT molecular complexity index is 335. The van der Waals surface area contributed by atoms with Gasteiger partial charge in [0.15, 0.2) is 0 Å². The summed E-state index contributed by atoms with van der Waals surface area (Å²) in [7, 11) is 0. The summed E-state index contributed by atoms with van der Waals surface area (Å²) in [6.07, 6.45) is 9.65. The van der Waals surface area contributed by atoms with Crippen LogP contribution < -0.4 is 0 Å². The summed E-state index contributed by atoms with van der Waals surface area (Å²) < 4.78 is 6.25. The first kappa shape index (κ1) is 13.0. The van der Waals surface area contributed by atoms with Crippen molar-refractivity contribution in [3.05, 3.63) is 0 Å². The highest BCUT2D eigenvalue weighted by atomic mass is 16.5. The average Bonchev–Trinajstić information content (AvgIpc) is 2.27. The van der Waals surface area contributed by atoms with Gasteiger partial charge in [-0.15, -0.1) is 0 Å². The Morgan fingerprint density at radius 2 is 1.61 bits per heavy atom. The van der Waals surface area contributed by atoms with Gasteiger partial charge in [-0.1, -0.05) is 27.2 Å². The zero-order chi connectivity index (χ0) is 13.0. The molecule has 1 heterocycles. The molecule has 0 N–H and O–H groups in total. The van der Waals surface area contributed by atoms with E-state index in [4.69, 9.17) is 4.74 Å². The van der Waals surface area contributed by atoms with Crippen molar-refractivity contribution in [3.63, 3.8) is 0 Å². The van der Waals surface area contributed by atoms with E-state index in [9.17, 15) is 0 Å². The van der Waals surface area contributed by atoms with E-state index in [1.54, 1.807) is 0 Å². The molecular formula is C17H30O. The lowest BCUT2D eigenvalue weighted by Gasteiger charge is -2.63. The van der Waals surface area contributed by atoms with Crippen LogP contribution in [-0.4, -0.2) is 12.2 Å². The molecule has 3 aliphatic rings. The molecule has 0 radical (unpaired) electrons. The summed E-state index contributed by atoms with van der Waals surface area (Å²) in [5, 5.41) is 0. The normalized spacial score (nSPS) is 51.3. The van der Waals surface area contributed by atoms with Crippen molar-refractivity contribution in [1.82, 2.24) is 0 Å². The first-order chi connectivity index (χ1) is 8.39. The van der Waals surface area contributed by atoms with E-state index in [0.29, 0.717) is 10.8 Å². The monoisotopic (exact) mass is 250 g/mol. The fourth-order valence-electron chi connectivity index (χ4n) is 6.01. The Balaban J connectivity index is 1.96. The molecule has 2 aliphatic carbocycles. The lowest BCUT2D eigenvalue weighted by molar-refractivity contribution is -0.212. The van der Waals surface area contributed by atoms with Gasteiger partial charge in [-0.25, -0.2) is 0 Å². The molecule has 3 rings (SSSR count). The van der Waals surface area contributed by atoms with E-state index in [2.05, 4.69) is 27.7 Å². The Morgan fingerprint density at radius 1 is 0.833 bits per heavy atom. The van der Waals surface area contributed by atoms with Gasteiger partial charge in [0.05, 0.1) is 5.60 Å². The first-order valence-corrected chi connectivity index (χ1v) is 8.02. The first-order valence-electron chi connectivity index (χ1n) is 8.02. The van der Waals surface area contributed by atoms with Crippen LogP contribution in [0.25, 0.3) is 0 Å². The van der Waals surface area contributed by atoms with E-state index in [1.807, 2.05) is 0 Å². The minimum Gasteiger partial charge on any atom is -0.375 e. The fraction of sp³-hybridized carbons (Fsp3) is 1.00. The second-order valence-corrected chi connectivity index (χ2v) is 8.30. The van der Waals surface area contributed by atoms with Crippen molar-refractivity contribution in [2.24, 2.45) is 22.7 Å². The second-order valence-electron chi connectivity index (χ2n) is 8.30. The van der Waals surface area contributed by atoms with Gasteiger partial charge in [0.25, 0.3) is 0 Å². The second kappa shape index (κ2) is 3.98. The molecule has 0 spiro atoms. The fourth-order valence-corrected chi connectivity index (χ4v) is 6.01. The molecule has 2 saturated carbocycles. The Morgan fingerprint density at radius 3 is 2.39 bits per heavy atom. The summed E-state index contributed by atoms with van der Waals surface area (Å²) in [5.41, 5.74) is 1.28. The molecule has 1 heteroatoms. The zero-order valence-electron chi connectivity index (χ0n) is 12.7. The van der Waals surface area contributed by atoms with Crippen LogP contribution in [0.2, 0.25) is 0 Å². The zero-order valence-corrected chi connectivity index (χ0v) is 12.7. The lowest BCUT2D eigenvalue weighted by Crippen LogP contribution is -2.59. The summed E-state index contributed by atoms with van der Waals surface area (Å²) >= 11 is 0. The van der Waals surface area contributed by atoms with Gasteiger partial charge in [0.2, 0.25) is 0 Å². The molecule has 1 nitrogen and oxygen atoms in total. The number of fused-ring (bicyclic) bond motifs is 3. The van der Waals surface area contributed by atoms with E-state index in [0.717, 1.165) is 18.4 Å². The Labute approximate surface area is 113 Å². The topological polar surface area (TPSA) is 9.23 Å². The minimum absolute atomic E-state index is 0.191. The highest BCUT2D eigenvalue weighted by Crippen LogP contribution is 2.64. The van der Waals surface area contributed by atoms with Gasteiger partial charge in [-0.05, 0) is 68.1 Å². The maximum absolute atomic E-state index is 6.25. The molecule has 104 valence electrons. The van der Waals surface area contributed by atoms with Crippen molar-refractivity contribution < 1.29 is 4.74 Å². The van der Waals surface area contributed by atoms with Crippen LogP contribution in [-0.2, 0) is 4.74 Å². The maximum Gasteiger partial charge on any atom is 0.0687 e. The van der Waals surface area contributed by atoms with Crippen molar-refractivity contribution >= 4 is 0 Å². The Hall–Kier alpha value is -0.0400. The van der Waals surface area contributed by atoms with Crippen LogP contribution in [0.1, 0.15) is 72.6 Å². The Kier molecular flexibility index (Phi) is 2.86. The molecule has 1 unspecified atom stereocenters. The third-order valence-corrected chi connectivity index (χ3v) is 6.81. The predicted molar refractivity (Wildman–Crippen MR) is 75.5 cm³/mol. The summed E-state index contributed by atoms with van der Waals surface area (Å²) in [4.78, 5) is 0. The molecule has 0 amide bonds. The van der Waals surface area contributed by atoms with Crippen LogP contribution >= 0.6 is 0 Å². The van der Waals surface area contributed by atoms with Crippen LogP contribution in [0.5, 0.6) is 0 Å². The summed E-state index contributed by atoms with van der Waals surface area (Å²) in [6, 6.07) is 0. The lowest BCUT2D eigenvalue weighted by atomic mass is 9.45. The van der Waals surface area contributed by atoms with Gasteiger partial charge in [0.1, 0.15) is 0 Å². The number of hydrogen-bond donors (Lipinski definition) is 0. The average molecular weight is 250 g/mol. The summed E-state index contributed by atoms with van der Waals surface area (Å²) in [6.45, 7) is 11.0. The van der Waals surface area contributed by atoms with Crippen LogP contribution in [0.4, 0.5) is 0 Å². The molecule has 0 aromatic rings. The van der Waals surface area contributed by atoms with Gasteiger partial charge < -0.3 is 4.74 Å². The van der Waals surface area contributed by atoms with E-state index in [1.165, 1.54) is 44.9 Å². The molecule has 0 aromatic carbocycles. The summed E-state index contributed by atoms with van der Waals surface area (Å²) in [5.74, 6) is 1.72. The molecule has 0 bridgehead atoms. The molecule has 1 saturated heterocycles. The third-order valence-electron chi connectivity index (χ3n) is 6.81. The van der Waals surface area contributed by atoms with Crippen LogP contribution in [0.15, 0.2) is 0 Å². The minimum atomic E-state index is 0.191. The van der Waals surface area contributed by atoms with Crippen LogP contribution in [0.3, 0.4) is 0 Å². The maximum atomic E-state index is 6.25. The highest BCUT2D eigenvalue weighted by molar-refractivity contribution is 5.08. The van der Waals surface area contributed by atoms with E-state index in [-0.39, 0.29) is 5.60 Å². The third kappa shape index (κ3) is 1.69. The number of rotatable bonds is 0.